The van der Waals surface area contributed by atoms with Crippen molar-refractivity contribution in [1.82, 2.24) is 10.6 Å². The second-order valence-corrected chi connectivity index (χ2v) is 4.39. The van der Waals surface area contributed by atoms with E-state index in [1.165, 1.54) is 0 Å². The van der Waals surface area contributed by atoms with Crippen LogP contribution in [0.5, 0.6) is 0 Å². The lowest BCUT2D eigenvalue weighted by molar-refractivity contribution is 0.247. The average Bonchev–Trinajstić information content (AvgIpc) is 2.83. The molecule has 18 heavy (non-hydrogen) atoms. The molecule has 0 radical (unpaired) electrons. The van der Waals surface area contributed by atoms with E-state index in [0.717, 1.165) is 11.1 Å². The molecule has 3 heteroatoms. The van der Waals surface area contributed by atoms with Crippen molar-refractivity contribution in [2.45, 2.75) is 12.1 Å². The number of urea groups is 1. The zero-order valence-electron chi connectivity index (χ0n) is 9.84. The summed E-state index contributed by atoms with van der Waals surface area (Å²) in [6.45, 7) is 0. The van der Waals surface area contributed by atoms with E-state index in [2.05, 4.69) is 10.6 Å². The van der Waals surface area contributed by atoms with Gasteiger partial charge < -0.3 is 10.6 Å². The molecule has 0 spiro atoms. The van der Waals surface area contributed by atoms with Gasteiger partial charge in [-0.2, -0.15) is 0 Å². The number of hydrogen-bond donors (Lipinski definition) is 2. The maximum absolute atomic E-state index is 11.6. The lowest BCUT2D eigenvalue weighted by Crippen LogP contribution is -2.21. The third-order valence-corrected chi connectivity index (χ3v) is 3.22. The predicted molar refractivity (Wildman–Crippen MR) is 70.0 cm³/mol. The number of rotatable bonds is 2. The van der Waals surface area contributed by atoms with Gasteiger partial charge in [0.05, 0.1) is 12.1 Å². The molecule has 2 atom stereocenters. The fourth-order valence-electron chi connectivity index (χ4n) is 2.36. The Morgan fingerprint density at radius 3 is 1.44 bits per heavy atom. The lowest BCUT2D eigenvalue weighted by atomic mass is 9.95. The van der Waals surface area contributed by atoms with Crippen LogP contribution in [0.15, 0.2) is 60.7 Å². The van der Waals surface area contributed by atoms with E-state index < -0.39 is 0 Å². The van der Waals surface area contributed by atoms with E-state index in [0.29, 0.717) is 0 Å². The van der Waals surface area contributed by atoms with Crippen molar-refractivity contribution in [2.24, 2.45) is 0 Å². The van der Waals surface area contributed by atoms with Gasteiger partial charge >= 0.3 is 6.03 Å². The molecular weight excluding hydrogens is 224 g/mol. The maximum Gasteiger partial charge on any atom is 0.315 e. The van der Waals surface area contributed by atoms with E-state index >= 15 is 0 Å². The highest BCUT2D eigenvalue weighted by Crippen LogP contribution is 2.31. The summed E-state index contributed by atoms with van der Waals surface area (Å²) >= 11 is 0. The summed E-state index contributed by atoms with van der Waals surface area (Å²) in [5.74, 6) is 0. The van der Waals surface area contributed by atoms with Crippen molar-refractivity contribution in [3.63, 3.8) is 0 Å². The molecule has 90 valence electrons. The van der Waals surface area contributed by atoms with E-state index in [-0.39, 0.29) is 18.1 Å². The van der Waals surface area contributed by atoms with Crippen LogP contribution in [0.3, 0.4) is 0 Å². The molecule has 1 heterocycles. The Morgan fingerprint density at radius 1 is 0.667 bits per heavy atom. The van der Waals surface area contributed by atoms with Gasteiger partial charge in [-0.15, -0.1) is 0 Å². The highest BCUT2D eigenvalue weighted by molar-refractivity contribution is 5.78. The Labute approximate surface area is 106 Å². The van der Waals surface area contributed by atoms with Crippen molar-refractivity contribution in [3.05, 3.63) is 71.8 Å². The van der Waals surface area contributed by atoms with Crippen LogP contribution in [0.2, 0.25) is 0 Å². The second-order valence-electron chi connectivity index (χ2n) is 4.39. The van der Waals surface area contributed by atoms with Crippen LogP contribution in [0.4, 0.5) is 4.79 Å². The highest BCUT2D eigenvalue weighted by atomic mass is 16.2. The van der Waals surface area contributed by atoms with E-state index in [9.17, 15) is 4.79 Å². The molecular formula is C15H14N2O. The van der Waals surface area contributed by atoms with Crippen molar-refractivity contribution in [3.8, 4) is 0 Å². The third-order valence-electron chi connectivity index (χ3n) is 3.22. The zero-order valence-corrected chi connectivity index (χ0v) is 9.84. The standard InChI is InChI=1S/C15H14N2O/c18-15-16-13(11-7-3-1-4-8-11)14(17-15)12-9-5-2-6-10-12/h1-10,13-14H,(H2,16,17,18)/t13-,14-/m0/s1. The van der Waals surface area contributed by atoms with Crippen molar-refractivity contribution < 1.29 is 4.79 Å². The van der Waals surface area contributed by atoms with Crippen LogP contribution in [-0.4, -0.2) is 6.03 Å². The highest BCUT2D eigenvalue weighted by Gasteiger charge is 2.33. The molecule has 0 aromatic heterocycles. The first-order chi connectivity index (χ1) is 8.84. The van der Waals surface area contributed by atoms with Crippen molar-refractivity contribution in [1.29, 1.82) is 0 Å². The minimum Gasteiger partial charge on any atom is -0.329 e. The molecule has 3 nitrogen and oxygen atoms in total. The Balaban J connectivity index is 1.96. The summed E-state index contributed by atoms with van der Waals surface area (Å²) in [4.78, 5) is 11.6. The molecule has 0 aliphatic carbocycles. The number of nitrogens with one attached hydrogen (secondary N) is 2. The molecule has 1 aliphatic heterocycles. The van der Waals surface area contributed by atoms with E-state index in [1.807, 2.05) is 60.7 Å². The van der Waals surface area contributed by atoms with Crippen molar-refractivity contribution >= 4 is 6.03 Å². The number of benzene rings is 2. The topological polar surface area (TPSA) is 41.1 Å². The van der Waals surface area contributed by atoms with Gasteiger partial charge in [-0.1, -0.05) is 60.7 Å². The summed E-state index contributed by atoms with van der Waals surface area (Å²) in [7, 11) is 0. The quantitative estimate of drug-likeness (QED) is 0.830. The maximum atomic E-state index is 11.6. The first-order valence-electron chi connectivity index (χ1n) is 6.01. The minimum absolute atomic E-state index is 0.0129. The monoisotopic (exact) mass is 238 g/mol. The number of amides is 2. The van der Waals surface area contributed by atoms with Gasteiger partial charge in [0.25, 0.3) is 0 Å². The van der Waals surface area contributed by atoms with Gasteiger partial charge in [-0.05, 0) is 11.1 Å². The van der Waals surface area contributed by atoms with Crippen LogP contribution in [0.1, 0.15) is 23.2 Å². The van der Waals surface area contributed by atoms with Gasteiger partial charge in [0.1, 0.15) is 0 Å². The Kier molecular flexibility index (Phi) is 2.73. The van der Waals surface area contributed by atoms with Gasteiger partial charge in [0.2, 0.25) is 0 Å². The average molecular weight is 238 g/mol. The summed E-state index contributed by atoms with van der Waals surface area (Å²) in [5.41, 5.74) is 2.23. The van der Waals surface area contributed by atoms with Crippen LogP contribution < -0.4 is 10.6 Å². The summed E-state index contributed by atoms with van der Waals surface area (Å²) in [6, 6.07) is 19.9. The number of carbonyl (C=O) groups excluding carboxylic acids is 1. The predicted octanol–water partition coefficient (Wildman–Crippen LogP) is 2.78. The molecule has 1 aliphatic rings. The summed E-state index contributed by atoms with van der Waals surface area (Å²) in [5, 5.41) is 5.94. The Hall–Kier alpha value is -2.29. The normalized spacial score (nSPS) is 22.3. The molecule has 1 fully saturated rings. The second kappa shape index (κ2) is 4.53. The lowest BCUT2D eigenvalue weighted by Gasteiger charge is -2.19. The first-order valence-corrected chi connectivity index (χ1v) is 6.01. The van der Waals surface area contributed by atoms with E-state index in [1.54, 1.807) is 0 Å². The third kappa shape index (κ3) is 1.95. The fraction of sp³-hybridized carbons (Fsp3) is 0.133. The van der Waals surface area contributed by atoms with E-state index in [4.69, 9.17) is 0 Å². The first kappa shape index (κ1) is 10.8. The van der Waals surface area contributed by atoms with Crippen LogP contribution >= 0.6 is 0 Å². The van der Waals surface area contributed by atoms with Crippen LogP contribution in [-0.2, 0) is 0 Å². The molecule has 2 amide bonds. The van der Waals surface area contributed by atoms with Gasteiger partial charge in [0.15, 0.2) is 0 Å². The minimum atomic E-state index is -0.113. The van der Waals surface area contributed by atoms with Gasteiger partial charge in [-0.25, -0.2) is 4.79 Å². The summed E-state index contributed by atoms with van der Waals surface area (Å²) < 4.78 is 0. The van der Waals surface area contributed by atoms with Crippen LogP contribution in [0.25, 0.3) is 0 Å². The Bertz CT molecular complexity index is 489. The van der Waals surface area contributed by atoms with Crippen molar-refractivity contribution in [2.75, 3.05) is 0 Å². The summed E-state index contributed by atoms with van der Waals surface area (Å²) in [6.07, 6.45) is 0. The number of carbonyl (C=O) groups is 1. The smallest absolute Gasteiger partial charge is 0.315 e. The molecule has 3 rings (SSSR count). The van der Waals surface area contributed by atoms with Crippen LogP contribution in [0, 0.1) is 0 Å². The van der Waals surface area contributed by atoms with Gasteiger partial charge in [-0.3, -0.25) is 0 Å². The number of hydrogen-bond acceptors (Lipinski definition) is 1. The Morgan fingerprint density at radius 2 is 1.06 bits per heavy atom. The molecule has 0 saturated carbocycles. The zero-order chi connectivity index (χ0) is 12.4. The molecule has 2 N–H and O–H groups in total. The molecule has 2 aromatic rings. The molecule has 1 saturated heterocycles. The molecule has 2 aromatic carbocycles. The largest absolute Gasteiger partial charge is 0.329 e. The SMILES string of the molecule is O=C1N[C@@H](c2ccccc2)[C@H](c2ccccc2)N1. The molecule has 0 unspecified atom stereocenters. The molecule has 0 bridgehead atoms. The van der Waals surface area contributed by atoms with Gasteiger partial charge in [0, 0.05) is 0 Å². The fourth-order valence-corrected chi connectivity index (χ4v) is 2.36.